The maximum Gasteiger partial charge on any atom is 0.227 e. The number of nitrogens with two attached hydrogens (primary N) is 1. The van der Waals surface area contributed by atoms with Crippen molar-refractivity contribution in [1.29, 1.82) is 0 Å². The minimum Gasteiger partial charge on any atom is -0.353 e. The van der Waals surface area contributed by atoms with Crippen LogP contribution in [0.15, 0.2) is 6.33 Å². The van der Waals surface area contributed by atoms with Gasteiger partial charge >= 0.3 is 0 Å². The molecule has 0 amide bonds. The maximum absolute atomic E-state index is 6.18. The van der Waals surface area contributed by atoms with Gasteiger partial charge < -0.3 is 25.8 Å². The molecule has 40 heavy (non-hydrogen) atoms. The highest BCUT2D eigenvalue weighted by atomic mass is 15.3. The summed E-state index contributed by atoms with van der Waals surface area (Å²) in [5.74, 6) is 1.63. The van der Waals surface area contributed by atoms with E-state index in [0.717, 1.165) is 74.7 Å². The molecule has 1 saturated heterocycles. The van der Waals surface area contributed by atoms with Gasteiger partial charge in [-0.3, -0.25) is 4.90 Å². The number of likely N-dealkylation sites (tertiary alicyclic amines) is 1. The molecule has 0 bridgehead atoms. The predicted molar refractivity (Wildman–Crippen MR) is 166 cm³/mol. The summed E-state index contributed by atoms with van der Waals surface area (Å²) < 4.78 is 2.33. The Bertz CT molecular complexity index is 1020. The molecule has 2 aliphatic carbocycles. The minimum absolute atomic E-state index is 0.281. The Labute approximate surface area is 242 Å². The smallest absolute Gasteiger partial charge is 0.227 e. The SMILES string of the molecule is CCCCN(CCCC)CCN1CCCCC1Nc1nc(N[C@H]2CC[C@H](N)CC2)nc2c1ncn2C1CCCC1. The highest BCUT2D eigenvalue weighted by Crippen LogP contribution is 2.34. The first-order valence-electron chi connectivity index (χ1n) is 16.6. The van der Waals surface area contributed by atoms with E-state index in [-0.39, 0.29) is 6.17 Å². The van der Waals surface area contributed by atoms with Crippen molar-refractivity contribution in [2.24, 2.45) is 5.73 Å². The van der Waals surface area contributed by atoms with Crippen LogP contribution >= 0.6 is 0 Å². The van der Waals surface area contributed by atoms with E-state index in [1.54, 1.807) is 0 Å². The van der Waals surface area contributed by atoms with E-state index in [1.807, 2.05) is 6.33 Å². The van der Waals surface area contributed by atoms with Gasteiger partial charge in [0.1, 0.15) is 0 Å². The molecule has 1 unspecified atom stereocenters. The first-order chi connectivity index (χ1) is 19.6. The second-order valence-electron chi connectivity index (χ2n) is 12.7. The van der Waals surface area contributed by atoms with Crippen LogP contribution in [0.3, 0.4) is 0 Å². The fourth-order valence-corrected chi connectivity index (χ4v) is 6.93. The Morgan fingerprint density at radius 2 is 1.60 bits per heavy atom. The molecule has 9 nitrogen and oxygen atoms in total. The maximum atomic E-state index is 6.18. The molecule has 3 heterocycles. The fourth-order valence-electron chi connectivity index (χ4n) is 6.93. The van der Waals surface area contributed by atoms with Gasteiger partial charge in [0.2, 0.25) is 5.95 Å². The summed E-state index contributed by atoms with van der Waals surface area (Å²) in [6.07, 6.45) is 20.4. The molecular formula is C31H55N9. The quantitative estimate of drug-likeness (QED) is 0.272. The van der Waals surface area contributed by atoms with Crippen LogP contribution in [0.25, 0.3) is 11.2 Å². The Hall–Kier alpha value is -1.97. The zero-order chi connectivity index (χ0) is 27.7. The summed E-state index contributed by atoms with van der Waals surface area (Å²) in [6, 6.07) is 1.22. The van der Waals surface area contributed by atoms with Crippen molar-refractivity contribution < 1.29 is 0 Å². The van der Waals surface area contributed by atoms with Gasteiger partial charge in [0.15, 0.2) is 17.0 Å². The van der Waals surface area contributed by atoms with Gasteiger partial charge in [0.05, 0.1) is 12.5 Å². The summed E-state index contributed by atoms with van der Waals surface area (Å²) in [7, 11) is 0. The number of anilines is 2. The standard InChI is InChI=1S/C31H55N9/c1-3-5-18-38(19-6-4-2)21-22-39-20-10-9-13-27(39)35-29-28-30(40(23-33-28)26-11-7-8-12-26)37-31(36-29)34-25-16-14-24(32)15-17-25/h23-27H,3-22,32H2,1-2H3,(H2,34,35,36,37)/t24-,25-,27?. The average molecular weight is 554 g/mol. The van der Waals surface area contributed by atoms with Crippen molar-refractivity contribution in [3.05, 3.63) is 6.33 Å². The molecule has 1 aliphatic heterocycles. The molecule has 9 heteroatoms. The van der Waals surface area contributed by atoms with Crippen molar-refractivity contribution in [1.82, 2.24) is 29.3 Å². The van der Waals surface area contributed by atoms with Crippen LogP contribution in [0.1, 0.15) is 116 Å². The van der Waals surface area contributed by atoms with E-state index in [4.69, 9.17) is 20.7 Å². The van der Waals surface area contributed by atoms with Crippen molar-refractivity contribution in [3.8, 4) is 0 Å². The summed E-state index contributed by atoms with van der Waals surface area (Å²) in [4.78, 5) is 20.4. The van der Waals surface area contributed by atoms with Gasteiger partial charge in [-0.05, 0) is 83.7 Å². The zero-order valence-corrected chi connectivity index (χ0v) is 25.3. The molecule has 224 valence electrons. The molecule has 4 N–H and O–H groups in total. The lowest BCUT2D eigenvalue weighted by atomic mass is 9.92. The Balaban J connectivity index is 1.34. The number of rotatable bonds is 14. The van der Waals surface area contributed by atoms with Crippen LogP contribution < -0.4 is 16.4 Å². The average Bonchev–Trinajstić information content (AvgIpc) is 3.65. The van der Waals surface area contributed by atoms with E-state index in [1.165, 1.54) is 77.3 Å². The third kappa shape index (κ3) is 7.65. The minimum atomic E-state index is 0.281. The first kappa shape index (κ1) is 29.5. The predicted octanol–water partition coefficient (Wildman–Crippen LogP) is 5.75. The van der Waals surface area contributed by atoms with E-state index in [9.17, 15) is 0 Å². The topological polar surface area (TPSA) is 100 Å². The highest BCUT2D eigenvalue weighted by molar-refractivity contribution is 5.84. The summed E-state index contributed by atoms with van der Waals surface area (Å²) in [6.45, 7) is 10.4. The molecule has 0 radical (unpaired) electrons. The molecule has 2 aromatic heterocycles. The number of imidazole rings is 1. The number of fused-ring (bicyclic) bond motifs is 1. The summed E-state index contributed by atoms with van der Waals surface area (Å²) in [5, 5.41) is 7.58. The van der Waals surface area contributed by atoms with Crippen molar-refractivity contribution in [3.63, 3.8) is 0 Å². The van der Waals surface area contributed by atoms with E-state index in [2.05, 4.69) is 38.8 Å². The van der Waals surface area contributed by atoms with E-state index >= 15 is 0 Å². The molecular weight excluding hydrogens is 498 g/mol. The van der Waals surface area contributed by atoms with Gasteiger partial charge in [0.25, 0.3) is 0 Å². The van der Waals surface area contributed by atoms with Crippen molar-refractivity contribution >= 4 is 22.9 Å². The van der Waals surface area contributed by atoms with Gasteiger partial charge in [-0.15, -0.1) is 0 Å². The number of piperidine rings is 1. The second kappa shape index (κ2) is 14.8. The third-order valence-electron chi connectivity index (χ3n) is 9.52. The molecule has 3 fully saturated rings. The molecule has 0 aromatic carbocycles. The first-order valence-corrected chi connectivity index (χ1v) is 16.6. The van der Waals surface area contributed by atoms with Crippen molar-refractivity contribution in [2.75, 3.05) is 43.4 Å². The second-order valence-corrected chi connectivity index (χ2v) is 12.7. The molecule has 5 rings (SSSR count). The van der Waals surface area contributed by atoms with Crippen LogP contribution in [0.2, 0.25) is 0 Å². The van der Waals surface area contributed by atoms with Crippen LogP contribution in [0.4, 0.5) is 11.8 Å². The lowest BCUT2D eigenvalue weighted by Gasteiger charge is -2.37. The Morgan fingerprint density at radius 1 is 0.875 bits per heavy atom. The zero-order valence-electron chi connectivity index (χ0n) is 25.3. The van der Waals surface area contributed by atoms with Crippen LogP contribution in [-0.2, 0) is 0 Å². The Kier molecular flexibility index (Phi) is 10.9. The molecule has 1 atom stereocenters. The van der Waals surface area contributed by atoms with E-state index in [0.29, 0.717) is 18.1 Å². The van der Waals surface area contributed by atoms with Crippen LogP contribution in [-0.4, -0.2) is 80.3 Å². The lowest BCUT2D eigenvalue weighted by molar-refractivity contribution is 0.138. The molecule has 0 spiro atoms. The number of hydrogen-bond donors (Lipinski definition) is 3. The highest BCUT2D eigenvalue weighted by Gasteiger charge is 2.27. The van der Waals surface area contributed by atoms with Gasteiger partial charge in [-0.1, -0.05) is 39.5 Å². The molecule has 2 aromatic rings. The van der Waals surface area contributed by atoms with Crippen LogP contribution in [0.5, 0.6) is 0 Å². The van der Waals surface area contributed by atoms with E-state index < -0.39 is 0 Å². The Morgan fingerprint density at radius 3 is 2.33 bits per heavy atom. The summed E-state index contributed by atoms with van der Waals surface area (Å²) >= 11 is 0. The van der Waals surface area contributed by atoms with Gasteiger partial charge in [-0.2, -0.15) is 9.97 Å². The number of hydrogen-bond acceptors (Lipinski definition) is 8. The lowest BCUT2D eigenvalue weighted by Crippen LogP contribution is -2.48. The number of nitrogens with one attached hydrogen (secondary N) is 2. The van der Waals surface area contributed by atoms with Gasteiger partial charge in [-0.25, -0.2) is 4.98 Å². The largest absolute Gasteiger partial charge is 0.353 e. The molecule has 3 aliphatic rings. The number of nitrogens with zero attached hydrogens (tertiary/aromatic N) is 6. The third-order valence-corrected chi connectivity index (χ3v) is 9.52. The number of unbranched alkanes of at least 4 members (excludes halogenated alkanes) is 2. The molecule has 2 saturated carbocycles. The summed E-state index contributed by atoms with van der Waals surface area (Å²) in [5.41, 5.74) is 8.08. The normalized spacial score (nSPS) is 24.8. The monoisotopic (exact) mass is 553 g/mol. The van der Waals surface area contributed by atoms with Crippen molar-refractivity contribution in [2.45, 2.75) is 134 Å². The van der Waals surface area contributed by atoms with Crippen LogP contribution in [0, 0.1) is 0 Å². The number of aromatic nitrogens is 4. The fraction of sp³-hybridized carbons (Fsp3) is 0.839. The van der Waals surface area contributed by atoms with Gasteiger partial charge in [0, 0.05) is 37.8 Å².